The Hall–Kier alpha value is -1.52. The zero-order valence-electron chi connectivity index (χ0n) is 10.5. The number of nitrogens with two attached hydrogens (primary N) is 1. The van der Waals surface area contributed by atoms with Crippen LogP contribution in [0.4, 0.5) is 5.82 Å². The fourth-order valence-electron chi connectivity index (χ4n) is 4.37. The van der Waals surface area contributed by atoms with Gasteiger partial charge in [0.1, 0.15) is 11.4 Å². The standard InChI is InChI=1S/C13H18N4O/c1-17-12(14)8(5-15-17)13(18)16-11-9-6-2-3-7(4-6)10(9)11/h5-7,9-11H,2-4,14H2,1H3,(H,16,18). The topological polar surface area (TPSA) is 72.9 Å². The van der Waals surface area contributed by atoms with Crippen molar-refractivity contribution >= 4 is 11.7 Å². The molecule has 2 bridgehead atoms. The molecule has 3 N–H and O–H groups in total. The van der Waals surface area contributed by atoms with E-state index >= 15 is 0 Å². The Morgan fingerprint density at radius 1 is 1.44 bits per heavy atom. The third-order valence-electron chi connectivity index (χ3n) is 5.26. The van der Waals surface area contributed by atoms with E-state index in [1.165, 1.54) is 23.9 Å². The van der Waals surface area contributed by atoms with Gasteiger partial charge in [-0.1, -0.05) is 0 Å². The van der Waals surface area contributed by atoms with Gasteiger partial charge in [-0.3, -0.25) is 9.48 Å². The summed E-state index contributed by atoms with van der Waals surface area (Å²) in [5, 5.41) is 7.17. The molecule has 0 aromatic carbocycles. The second kappa shape index (κ2) is 3.28. The molecule has 3 saturated carbocycles. The molecule has 0 spiro atoms. The minimum absolute atomic E-state index is 0.0561. The summed E-state index contributed by atoms with van der Waals surface area (Å²) in [5.41, 5.74) is 6.33. The molecule has 1 heterocycles. The van der Waals surface area contributed by atoms with E-state index in [9.17, 15) is 4.79 Å². The molecule has 1 aromatic heterocycles. The van der Waals surface area contributed by atoms with Crippen LogP contribution in [0, 0.1) is 23.7 Å². The number of carbonyl (C=O) groups is 1. The first-order chi connectivity index (χ1) is 8.66. The van der Waals surface area contributed by atoms with Crippen molar-refractivity contribution in [3.8, 4) is 0 Å². The van der Waals surface area contributed by atoms with E-state index in [1.54, 1.807) is 13.2 Å². The molecule has 3 aliphatic carbocycles. The van der Waals surface area contributed by atoms with Crippen LogP contribution in [-0.2, 0) is 7.05 Å². The van der Waals surface area contributed by atoms with Gasteiger partial charge in [0.05, 0.1) is 6.20 Å². The molecule has 3 fully saturated rings. The molecule has 4 unspecified atom stereocenters. The van der Waals surface area contributed by atoms with Crippen LogP contribution in [0.3, 0.4) is 0 Å². The summed E-state index contributed by atoms with van der Waals surface area (Å²) in [6.45, 7) is 0. The van der Waals surface area contributed by atoms with Crippen molar-refractivity contribution in [3.05, 3.63) is 11.8 Å². The predicted molar refractivity (Wildman–Crippen MR) is 66.7 cm³/mol. The summed E-state index contributed by atoms with van der Waals surface area (Å²) in [4.78, 5) is 12.1. The van der Waals surface area contributed by atoms with Crippen molar-refractivity contribution in [2.45, 2.75) is 25.3 Å². The summed E-state index contributed by atoms with van der Waals surface area (Å²) in [5.74, 6) is 3.64. The Morgan fingerprint density at radius 2 is 2.11 bits per heavy atom. The molecule has 1 aromatic rings. The molecular formula is C13H18N4O. The lowest BCUT2D eigenvalue weighted by Gasteiger charge is -2.10. The lowest BCUT2D eigenvalue weighted by Crippen LogP contribution is -2.30. The molecule has 0 saturated heterocycles. The Bertz CT molecular complexity index is 507. The highest BCUT2D eigenvalue weighted by atomic mass is 16.1. The van der Waals surface area contributed by atoms with E-state index in [0.717, 1.165) is 23.7 Å². The van der Waals surface area contributed by atoms with Gasteiger partial charge in [0.25, 0.3) is 5.91 Å². The molecule has 5 heteroatoms. The molecule has 3 aliphatic rings. The van der Waals surface area contributed by atoms with E-state index in [4.69, 9.17) is 5.73 Å². The number of nitrogens with one attached hydrogen (secondary N) is 1. The highest BCUT2D eigenvalue weighted by Crippen LogP contribution is 2.65. The number of nitrogens with zero attached hydrogens (tertiary/aromatic N) is 2. The highest BCUT2D eigenvalue weighted by Gasteiger charge is 2.65. The van der Waals surface area contributed by atoms with Crippen LogP contribution in [-0.4, -0.2) is 21.7 Å². The maximum atomic E-state index is 12.1. The zero-order valence-corrected chi connectivity index (χ0v) is 10.5. The number of aromatic nitrogens is 2. The maximum Gasteiger partial charge on any atom is 0.256 e. The molecule has 1 amide bonds. The number of anilines is 1. The maximum absolute atomic E-state index is 12.1. The number of aryl methyl sites for hydroxylation is 1. The van der Waals surface area contributed by atoms with E-state index < -0.39 is 0 Å². The van der Waals surface area contributed by atoms with Gasteiger partial charge in [0.2, 0.25) is 0 Å². The smallest absolute Gasteiger partial charge is 0.256 e. The molecular weight excluding hydrogens is 228 g/mol. The first kappa shape index (κ1) is 10.4. The summed E-state index contributed by atoms with van der Waals surface area (Å²) >= 11 is 0. The monoisotopic (exact) mass is 246 g/mol. The van der Waals surface area contributed by atoms with Gasteiger partial charge in [0.15, 0.2) is 0 Å². The van der Waals surface area contributed by atoms with E-state index in [-0.39, 0.29) is 5.91 Å². The van der Waals surface area contributed by atoms with Crippen LogP contribution in [0.2, 0.25) is 0 Å². The third kappa shape index (κ3) is 1.22. The lowest BCUT2D eigenvalue weighted by molar-refractivity contribution is 0.0945. The zero-order chi connectivity index (χ0) is 12.4. The normalized spacial score (nSPS) is 39.7. The summed E-state index contributed by atoms with van der Waals surface area (Å²) in [6, 6.07) is 0.406. The molecule has 0 radical (unpaired) electrons. The number of nitrogen functional groups attached to an aromatic ring is 1. The summed E-state index contributed by atoms with van der Waals surface area (Å²) in [7, 11) is 1.75. The number of carbonyl (C=O) groups excluding carboxylic acids is 1. The van der Waals surface area contributed by atoms with Gasteiger partial charge in [-0.05, 0) is 42.9 Å². The molecule has 4 atom stereocenters. The fourth-order valence-corrected chi connectivity index (χ4v) is 4.37. The van der Waals surface area contributed by atoms with E-state index in [2.05, 4.69) is 10.4 Å². The van der Waals surface area contributed by atoms with Crippen molar-refractivity contribution < 1.29 is 4.79 Å². The van der Waals surface area contributed by atoms with Crippen LogP contribution < -0.4 is 11.1 Å². The average Bonchev–Trinajstić information content (AvgIpc) is 2.71. The lowest BCUT2D eigenvalue weighted by atomic mass is 10.0. The van der Waals surface area contributed by atoms with Gasteiger partial charge in [-0.2, -0.15) is 5.10 Å². The average molecular weight is 246 g/mol. The third-order valence-corrected chi connectivity index (χ3v) is 5.26. The molecule has 96 valence electrons. The number of fused-ring (bicyclic) bond motifs is 5. The fraction of sp³-hybridized carbons (Fsp3) is 0.692. The molecule has 18 heavy (non-hydrogen) atoms. The van der Waals surface area contributed by atoms with Gasteiger partial charge < -0.3 is 11.1 Å². The largest absolute Gasteiger partial charge is 0.383 e. The Kier molecular flexibility index (Phi) is 1.89. The van der Waals surface area contributed by atoms with Gasteiger partial charge in [-0.15, -0.1) is 0 Å². The first-order valence-corrected chi connectivity index (χ1v) is 6.75. The van der Waals surface area contributed by atoms with Crippen LogP contribution in [0.15, 0.2) is 6.20 Å². The van der Waals surface area contributed by atoms with Crippen LogP contribution >= 0.6 is 0 Å². The number of hydrogen-bond donors (Lipinski definition) is 2. The molecule has 0 aliphatic heterocycles. The second-order valence-corrected chi connectivity index (χ2v) is 6.05. The number of hydrogen-bond acceptors (Lipinski definition) is 3. The van der Waals surface area contributed by atoms with Crippen molar-refractivity contribution in [1.82, 2.24) is 15.1 Å². The predicted octanol–water partition coefficient (Wildman–Crippen LogP) is 0.777. The Balaban J connectivity index is 1.48. The van der Waals surface area contributed by atoms with Crippen LogP contribution in [0.1, 0.15) is 29.6 Å². The highest BCUT2D eigenvalue weighted by molar-refractivity contribution is 5.98. The summed E-state index contributed by atoms with van der Waals surface area (Å²) < 4.78 is 1.53. The minimum Gasteiger partial charge on any atom is -0.383 e. The SMILES string of the molecule is Cn1ncc(C(=O)NC2C3C4CCC(C4)C23)c1N. The van der Waals surface area contributed by atoms with Crippen molar-refractivity contribution in [3.63, 3.8) is 0 Å². The molecule has 5 nitrogen and oxygen atoms in total. The van der Waals surface area contributed by atoms with Crippen molar-refractivity contribution in [2.75, 3.05) is 5.73 Å². The van der Waals surface area contributed by atoms with E-state index in [1.807, 2.05) is 0 Å². The van der Waals surface area contributed by atoms with Gasteiger partial charge in [-0.25, -0.2) is 0 Å². The Labute approximate surface area is 106 Å². The summed E-state index contributed by atoms with van der Waals surface area (Å²) in [6.07, 6.45) is 5.69. The molecule has 4 rings (SSSR count). The van der Waals surface area contributed by atoms with Gasteiger partial charge >= 0.3 is 0 Å². The second-order valence-electron chi connectivity index (χ2n) is 6.05. The minimum atomic E-state index is -0.0561. The van der Waals surface area contributed by atoms with Crippen LogP contribution in [0.25, 0.3) is 0 Å². The van der Waals surface area contributed by atoms with E-state index in [0.29, 0.717) is 17.4 Å². The number of rotatable bonds is 2. The van der Waals surface area contributed by atoms with Gasteiger partial charge in [0, 0.05) is 13.1 Å². The number of amides is 1. The van der Waals surface area contributed by atoms with Crippen LogP contribution in [0.5, 0.6) is 0 Å². The van der Waals surface area contributed by atoms with Crippen molar-refractivity contribution in [2.24, 2.45) is 30.7 Å². The quantitative estimate of drug-likeness (QED) is 0.809. The van der Waals surface area contributed by atoms with Crippen molar-refractivity contribution in [1.29, 1.82) is 0 Å². The first-order valence-electron chi connectivity index (χ1n) is 6.75. The Morgan fingerprint density at radius 3 is 2.67 bits per heavy atom.